The maximum atomic E-state index is 13.2. The Labute approximate surface area is 174 Å². The van der Waals surface area contributed by atoms with Gasteiger partial charge in [0, 0.05) is 16.0 Å². The van der Waals surface area contributed by atoms with Gasteiger partial charge in [-0.2, -0.15) is 0 Å². The second-order valence-electron chi connectivity index (χ2n) is 6.64. The number of methoxy groups -OCH3 is 1. The summed E-state index contributed by atoms with van der Waals surface area (Å²) in [6.45, 7) is 1.91. The smallest absolute Gasteiger partial charge is 0.256 e. The first-order chi connectivity index (χ1) is 14.1. The lowest BCUT2D eigenvalue weighted by molar-refractivity contribution is 0.102. The van der Waals surface area contributed by atoms with E-state index in [4.69, 9.17) is 21.3 Å². The Bertz CT molecular complexity index is 1210. The summed E-state index contributed by atoms with van der Waals surface area (Å²) in [6, 6.07) is 22.5. The zero-order valence-electron chi connectivity index (χ0n) is 16.1. The van der Waals surface area contributed by atoms with E-state index in [1.54, 1.807) is 25.3 Å². The summed E-state index contributed by atoms with van der Waals surface area (Å²) >= 11 is 6.33. The van der Waals surface area contributed by atoms with Gasteiger partial charge in [0.1, 0.15) is 5.75 Å². The minimum absolute atomic E-state index is 0.235. The van der Waals surface area contributed by atoms with Crippen molar-refractivity contribution in [1.29, 1.82) is 0 Å². The number of benzene rings is 3. The Morgan fingerprint density at radius 3 is 2.48 bits per heavy atom. The zero-order chi connectivity index (χ0) is 20.4. The summed E-state index contributed by atoms with van der Waals surface area (Å²) in [5, 5.41) is 4.32. The second-order valence-corrected chi connectivity index (χ2v) is 7.05. The number of fused-ring (bicyclic) bond motifs is 1. The Balaban J connectivity index is 1.88. The molecule has 0 atom stereocenters. The van der Waals surface area contributed by atoms with Crippen LogP contribution in [-0.4, -0.2) is 18.0 Å². The number of para-hydroxylation sites is 2. The van der Waals surface area contributed by atoms with Crippen molar-refractivity contribution >= 4 is 34.1 Å². The molecule has 0 spiro atoms. The van der Waals surface area contributed by atoms with Crippen LogP contribution in [0.5, 0.6) is 5.75 Å². The molecule has 0 fully saturated rings. The van der Waals surface area contributed by atoms with Crippen LogP contribution in [0.3, 0.4) is 0 Å². The Morgan fingerprint density at radius 2 is 1.72 bits per heavy atom. The van der Waals surface area contributed by atoms with E-state index >= 15 is 0 Å². The minimum atomic E-state index is -0.235. The van der Waals surface area contributed by atoms with Crippen molar-refractivity contribution < 1.29 is 9.53 Å². The number of carbonyl (C=O) groups excluding carboxylic acids is 1. The summed E-state index contributed by atoms with van der Waals surface area (Å²) in [6.07, 6.45) is 0. The molecule has 1 N–H and O–H groups in total. The highest BCUT2D eigenvalue weighted by Gasteiger charge is 2.17. The van der Waals surface area contributed by atoms with E-state index < -0.39 is 0 Å². The van der Waals surface area contributed by atoms with Gasteiger partial charge in [0.05, 0.1) is 29.6 Å². The Hall–Kier alpha value is -3.37. The number of pyridine rings is 1. The molecule has 144 valence electrons. The van der Waals surface area contributed by atoms with Crippen LogP contribution in [0.2, 0.25) is 5.02 Å². The van der Waals surface area contributed by atoms with E-state index in [-0.39, 0.29) is 5.91 Å². The fourth-order valence-corrected chi connectivity index (χ4v) is 3.44. The molecule has 0 aliphatic heterocycles. The quantitative estimate of drug-likeness (QED) is 0.447. The number of hydrogen-bond acceptors (Lipinski definition) is 3. The van der Waals surface area contributed by atoms with Crippen molar-refractivity contribution in [2.24, 2.45) is 0 Å². The third-order valence-corrected chi connectivity index (χ3v) is 5.25. The first kappa shape index (κ1) is 19.0. The topological polar surface area (TPSA) is 51.2 Å². The largest absolute Gasteiger partial charge is 0.495 e. The van der Waals surface area contributed by atoms with Crippen LogP contribution in [0, 0.1) is 6.92 Å². The molecule has 0 radical (unpaired) electrons. The molecule has 1 aromatic heterocycles. The number of nitrogens with one attached hydrogen (secondary N) is 1. The number of carbonyl (C=O) groups is 1. The van der Waals surface area contributed by atoms with Gasteiger partial charge >= 0.3 is 0 Å². The molecular weight excluding hydrogens is 384 g/mol. The van der Waals surface area contributed by atoms with E-state index in [1.165, 1.54) is 0 Å². The molecule has 5 heteroatoms. The summed E-state index contributed by atoms with van der Waals surface area (Å²) in [4.78, 5) is 18.0. The molecule has 0 aliphatic rings. The number of ether oxygens (including phenoxy) is 1. The first-order valence-corrected chi connectivity index (χ1v) is 9.56. The lowest BCUT2D eigenvalue weighted by Crippen LogP contribution is -2.14. The van der Waals surface area contributed by atoms with Crippen LogP contribution < -0.4 is 10.1 Å². The normalized spacial score (nSPS) is 10.7. The fourth-order valence-electron chi connectivity index (χ4n) is 3.29. The Kier molecular flexibility index (Phi) is 5.19. The van der Waals surface area contributed by atoms with Crippen LogP contribution in [0.4, 0.5) is 5.69 Å². The summed E-state index contributed by atoms with van der Waals surface area (Å²) in [7, 11) is 1.58. The molecule has 0 unspecified atom stereocenters. The highest BCUT2D eigenvalue weighted by atomic mass is 35.5. The molecule has 1 heterocycles. The van der Waals surface area contributed by atoms with Crippen molar-refractivity contribution in [3.63, 3.8) is 0 Å². The number of hydrogen-bond donors (Lipinski definition) is 1. The number of halogens is 1. The van der Waals surface area contributed by atoms with Crippen LogP contribution in [0.15, 0.2) is 72.8 Å². The number of aryl methyl sites for hydroxylation is 1. The molecule has 0 bridgehead atoms. The average Bonchev–Trinajstić information content (AvgIpc) is 2.76. The third kappa shape index (κ3) is 3.67. The van der Waals surface area contributed by atoms with Gasteiger partial charge in [-0.05, 0) is 36.8 Å². The summed E-state index contributed by atoms with van der Waals surface area (Å²) in [5.74, 6) is 0.363. The predicted octanol–water partition coefficient (Wildman–Crippen LogP) is 6.12. The lowest BCUT2D eigenvalue weighted by Gasteiger charge is -2.14. The zero-order valence-corrected chi connectivity index (χ0v) is 16.8. The number of amides is 1. The van der Waals surface area contributed by atoms with E-state index in [9.17, 15) is 4.79 Å². The average molecular weight is 403 g/mol. The molecule has 3 aromatic carbocycles. The number of rotatable bonds is 4. The molecule has 29 heavy (non-hydrogen) atoms. The number of aromatic nitrogens is 1. The second kappa shape index (κ2) is 7.94. The molecule has 0 saturated heterocycles. The molecule has 0 saturated carbocycles. The first-order valence-electron chi connectivity index (χ1n) is 9.18. The van der Waals surface area contributed by atoms with Crippen molar-refractivity contribution in [2.75, 3.05) is 12.4 Å². The van der Waals surface area contributed by atoms with Gasteiger partial charge in [-0.3, -0.25) is 4.79 Å². The molecule has 0 aliphatic carbocycles. The summed E-state index contributed by atoms with van der Waals surface area (Å²) < 4.78 is 5.35. The van der Waals surface area contributed by atoms with E-state index in [2.05, 4.69) is 5.32 Å². The van der Waals surface area contributed by atoms with Gasteiger partial charge in [0.15, 0.2) is 0 Å². The maximum Gasteiger partial charge on any atom is 0.256 e. The fraction of sp³-hybridized carbons (Fsp3) is 0.0833. The van der Waals surface area contributed by atoms with Crippen molar-refractivity contribution in [2.45, 2.75) is 6.92 Å². The number of anilines is 1. The number of nitrogens with zero attached hydrogens (tertiary/aromatic N) is 1. The van der Waals surface area contributed by atoms with Crippen LogP contribution >= 0.6 is 11.6 Å². The lowest BCUT2D eigenvalue weighted by atomic mass is 10.0. The van der Waals surface area contributed by atoms with E-state index in [1.807, 2.05) is 61.5 Å². The third-order valence-electron chi connectivity index (χ3n) is 4.84. The maximum absolute atomic E-state index is 13.2. The standard InChI is InChI=1S/C24H19ClN2O2/c1-15-19(25)13-12-17-18(24(28)27-20-10-6-7-11-22(20)29-2)14-21(26-23(15)17)16-8-4-3-5-9-16/h3-14H,1-2H3,(H,27,28). The molecule has 1 amide bonds. The monoisotopic (exact) mass is 402 g/mol. The van der Waals surface area contributed by atoms with Crippen LogP contribution in [-0.2, 0) is 0 Å². The molecule has 4 aromatic rings. The minimum Gasteiger partial charge on any atom is -0.495 e. The van der Waals surface area contributed by atoms with Gasteiger partial charge in [0.2, 0.25) is 0 Å². The van der Waals surface area contributed by atoms with Gasteiger partial charge in [-0.25, -0.2) is 4.98 Å². The highest BCUT2D eigenvalue weighted by Crippen LogP contribution is 2.31. The highest BCUT2D eigenvalue weighted by molar-refractivity contribution is 6.32. The van der Waals surface area contributed by atoms with Crippen molar-refractivity contribution in [3.05, 3.63) is 88.9 Å². The Morgan fingerprint density at radius 1 is 1.00 bits per heavy atom. The van der Waals surface area contributed by atoms with Gasteiger partial charge in [0.25, 0.3) is 5.91 Å². The summed E-state index contributed by atoms with van der Waals surface area (Å²) in [5.41, 5.74) is 4.34. The molecular formula is C24H19ClN2O2. The molecule has 4 rings (SSSR count). The van der Waals surface area contributed by atoms with Crippen LogP contribution in [0.1, 0.15) is 15.9 Å². The van der Waals surface area contributed by atoms with E-state index in [0.29, 0.717) is 33.2 Å². The van der Waals surface area contributed by atoms with Crippen LogP contribution in [0.25, 0.3) is 22.2 Å². The van der Waals surface area contributed by atoms with Crippen molar-refractivity contribution in [1.82, 2.24) is 4.98 Å². The van der Waals surface area contributed by atoms with Gasteiger partial charge in [-0.1, -0.05) is 60.1 Å². The van der Waals surface area contributed by atoms with Gasteiger partial charge in [-0.15, -0.1) is 0 Å². The molecule has 4 nitrogen and oxygen atoms in total. The van der Waals surface area contributed by atoms with E-state index in [0.717, 1.165) is 16.5 Å². The van der Waals surface area contributed by atoms with Gasteiger partial charge < -0.3 is 10.1 Å². The SMILES string of the molecule is COc1ccccc1NC(=O)c1cc(-c2ccccc2)nc2c(C)c(Cl)ccc12. The predicted molar refractivity (Wildman–Crippen MR) is 118 cm³/mol. The van der Waals surface area contributed by atoms with Crippen molar-refractivity contribution in [3.8, 4) is 17.0 Å².